The molecule has 0 saturated carbocycles. The average molecular weight is 915 g/mol. The van der Waals surface area contributed by atoms with Gasteiger partial charge in [-0.15, -0.1) is 6.58 Å². The molecule has 67 heavy (non-hydrogen) atoms. The Morgan fingerprint density at radius 2 is 0.955 bits per heavy atom. The van der Waals surface area contributed by atoms with Gasteiger partial charge in [-0.3, -0.25) is 4.79 Å². The van der Waals surface area contributed by atoms with Gasteiger partial charge in [0.25, 0.3) is 0 Å². The van der Waals surface area contributed by atoms with E-state index in [-0.39, 0.29) is 58.3 Å². The first kappa shape index (κ1) is 49.5. The molecule has 5 aromatic rings. The highest BCUT2D eigenvalue weighted by Gasteiger charge is 2.55. The second-order valence-corrected chi connectivity index (χ2v) is 16.7. The van der Waals surface area contributed by atoms with E-state index in [0.29, 0.717) is 6.61 Å². The summed E-state index contributed by atoms with van der Waals surface area (Å²) in [4.78, 5) is 25.7. The minimum absolute atomic E-state index is 0.00292. The van der Waals surface area contributed by atoms with E-state index < -0.39 is 67.4 Å². The highest BCUT2D eigenvalue weighted by Crippen LogP contribution is 2.37. The summed E-state index contributed by atoms with van der Waals surface area (Å²) in [6.45, 7) is 8.44. The number of ketones is 1. The molecule has 0 aromatic heterocycles. The van der Waals surface area contributed by atoms with Crippen LogP contribution in [0.3, 0.4) is 0 Å². The Morgan fingerprint density at radius 3 is 1.43 bits per heavy atom. The van der Waals surface area contributed by atoms with E-state index in [1.54, 1.807) is 6.08 Å². The molecule has 0 amide bonds. The first-order valence-corrected chi connectivity index (χ1v) is 23.0. The first-order valence-electron chi connectivity index (χ1n) is 23.0. The van der Waals surface area contributed by atoms with Crippen molar-refractivity contribution in [2.24, 2.45) is 0 Å². The molecule has 0 unspecified atom stereocenters. The largest absolute Gasteiger partial charge is 0.454 e. The number of carbonyl (C=O) groups is 2. The summed E-state index contributed by atoms with van der Waals surface area (Å²) < 4.78 is 67.1. The first-order chi connectivity index (χ1) is 32.8. The summed E-state index contributed by atoms with van der Waals surface area (Å²) in [6.07, 6.45) is -7.86. The molecule has 354 valence electrons. The van der Waals surface area contributed by atoms with E-state index in [1.165, 1.54) is 6.92 Å². The average Bonchev–Trinajstić information content (AvgIpc) is 3.36. The molecule has 5 aromatic carbocycles. The second kappa shape index (κ2) is 26.2. The Hall–Kier alpha value is -5.38. The van der Waals surface area contributed by atoms with Gasteiger partial charge in [0.1, 0.15) is 42.4 Å². The van der Waals surface area contributed by atoms with E-state index >= 15 is 0 Å². The third-order valence-corrected chi connectivity index (χ3v) is 11.5. The van der Waals surface area contributed by atoms with Crippen molar-refractivity contribution >= 4 is 11.8 Å². The van der Waals surface area contributed by atoms with E-state index in [1.807, 2.05) is 159 Å². The Labute approximate surface area is 394 Å². The normalized spacial score (nSPS) is 25.0. The van der Waals surface area contributed by atoms with Crippen molar-refractivity contribution in [2.45, 2.75) is 121 Å². The number of rotatable bonds is 25. The predicted octanol–water partition coefficient (Wildman–Crippen LogP) is 8.88. The van der Waals surface area contributed by atoms with Gasteiger partial charge >= 0.3 is 5.97 Å². The summed E-state index contributed by atoms with van der Waals surface area (Å²) in [5.74, 6) is -0.782. The van der Waals surface area contributed by atoms with Gasteiger partial charge < -0.3 is 52.2 Å². The smallest absolute Gasteiger partial charge is 0.306 e. The van der Waals surface area contributed by atoms with Gasteiger partial charge in [-0.1, -0.05) is 158 Å². The lowest BCUT2D eigenvalue weighted by molar-refractivity contribution is -0.372. The van der Waals surface area contributed by atoms with E-state index in [4.69, 9.17) is 47.4 Å². The molecular weight excluding hydrogens is 853 g/mol. The number of ether oxygens (including phenoxy) is 10. The topological polar surface area (TPSA) is 126 Å². The van der Waals surface area contributed by atoms with Crippen LogP contribution in [0.2, 0.25) is 0 Å². The lowest BCUT2D eigenvalue weighted by Crippen LogP contribution is -2.66. The van der Waals surface area contributed by atoms with Crippen LogP contribution in [-0.2, 0) is 90.0 Å². The Balaban J connectivity index is 1.29. The van der Waals surface area contributed by atoms with Crippen molar-refractivity contribution in [3.05, 3.63) is 192 Å². The maximum Gasteiger partial charge on any atom is 0.306 e. The quantitative estimate of drug-likeness (QED) is 0.0410. The lowest BCUT2D eigenvalue weighted by atomic mass is 9.96. The van der Waals surface area contributed by atoms with Crippen LogP contribution < -0.4 is 0 Å². The fourth-order valence-corrected chi connectivity index (χ4v) is 8.05. The monoisotopic (exact) mass is 914 g/mol. The summed E-state index contributed by atoms with van der Waals surface area (Å²) >= 11 is 0. The molecule has 0 spiro atoms. The Bertz CT molecular complexity index is 2200. The van der Waals surface area contributed by atoms with Gasteiger partial charge in [0.15, 0.2) is 18.7 Å². The van der Waals surface area contributed by atoms with Gasteiger partial charge in [0.2, 0.25) is 0 Å². The van der Waals surface area contributed by atoms with Crippen LogP contribution in [-0.4, -0.2) is 86.4 Å². The molecule has 2 heterocycles. The van der Waals surface area contributed by atoms with Gasteiger partial charge in [0.05, 0.1) is 58.8 Å². The summed E-state index contributed by atoms with van der Waals surface area (Å²) in [5, 5.41) is 0. The SMILES string of the molecule is C=CCO[C@@H]1O[C@@H](C)[C@H](OCc2ccccc2)[C@@H](O[C@H]2O[C@H](COCc3ccccc3)[C@@H](OCc3ccccc3)[C@H](OCc3ccccc3)[C@H]2OCc2ccccc2)[C@H]1OC(=O)CCC(C)=O. The molecule has 0 N–H and O–H groups in total. The van der Waals surface area contributed by atoms with Crippen molar-refractivity contribution < 1.29 is 57.0 Å². The van der Waals surface area contributed by atoms with Crippen molar-refractivity contribution in [1.82, 2.24) is 0 Å². The molecule has 0 aliphatic carbocycles. The maximum atomic E-state index is 13.6. The number of Topliss-reactive ketones (excluding diaryl/α,β-unsaturated/α-hetero) is 1. The molecule has 12 nitrogen and oxygen atoms in total. The van der Waals surface area contributed by atoms with E-state index in [0.717, 1.165) is 27.8 Å². The summed E-state index contributed by atoms with van der Waals surface area (Å²) in [7, 11) is 0. The predicted molar refractivity (Wildman–Crippen MR) is 250 cm³/mol. The van der Waals surface area contributed by atoms with Crippen LogP contribution in [0.15, 0.2) is 164 Å². The number of hydrogen-bond donors (Lipinski definition) is 0. The lowest BCUT2D eigenvalue weighted by Gasteiger charge is -2.49. The molecule has 2 aliphatic rings. The van der Waals surface area contributed by atoms with Crippen molar-refractivity contribution in [3.8, 4) is 0 Å². The molecule has 10 atom stereocenters. The number of carbonyl (C=O) groups excluding carboxylic acids is 2. The molecule has 7 rings (SSSR count). The molecule has 12 heteroatoms. The zero-order valence-electron chi connectivity index (χ0n) is 38.3. The number of hydrogen-bond acceptors (Lipinski definition) is 12. The van der Waals surface area contributed by atoms with Crippen LogP contribution >= 0.6 is 0 Å². The Morgan fingerprint density at radius 1 is 0.507 bits per heavy atom. The van der Waals surface area contributed by atoms with Crippen LogP contribution in [0, 0.1) is 0 Å². The second-order valence-electron chi connectivity index (χ2n) is 16.7. The summed E-state index contributed by atoms with van der Waals surface area (Å²) in [6, 6.07) is 49.2. The van der Waals surface area contributed by atoms with E-state index in [9.17, 15) is 9.59 Å². The zero-order chi connectivity index (χ0) is 46.6. The van der Waals surface area contributed by atoms with Gasteiger partial charge in [0, 0.05) is 6.42 Å². The fourth-order valence-electron chi connectivity index (χ4n) is 8.05. The van der Waals surface area contributed by atoms with Crippen molar-refractivity contribution in [2.75, 3.05) is 13.2 Å². The van der Waals surface area contributed by atoms with Crippen molar-refractivity contribution in [3.63, 3.8) is 0 Å². The standard InChI is InChI=1S/C55H62O12/c1-4-32-59-54-53(66-47(57)31-30-39(2)56)51(48(40(3)64-54)60-34-42-22-12-6-13-23-42)67-55-52(63-37-45-28-18-9-19-29-45)50(62-36-44-26-16-8-17-27-44)49(61-35-43-24-14-7-15-25-43)46(65-55)38-58-33-41-20-10-5-11-21-41/h4-29,40,46,48-55H,1,30-38H2,2-3H3/t40-,46+,48-,49+,50-,51+,52+,53+,54+,55+/m0/s1. The van der Waals surface area contributed by atoms with Crippen LogP contribution in [0.1, 0.15) is 54.5 Å². The summed E-state index contributed by atoms with van der Waals surface area (Å²) in [5.41, 5.74) is 4.72. The fraction of sp³-hybridized carbons (Fsp3) is 0.382. The molecular formula is C55H62O12. The van der Waals surface area contributed by atoms with Gasteiger partial charge in [-0.25, -0.2) is 0 Å². The minimum atomic E-state index is -1.20. The van der Waals surface area contributed by atoms with Crippen molar-refractivity contribution in [1.29, 1.82) is 0 Å². The molecule has 0 bridgehead atoms. The van der Waals surface area contributed by atoms with Gasteiger partial charge in [-0.2, -0.15) is 0 Å². The van der Waals surface area contributed by atoms with Crippen LogP contribution in [0.25, 0.3) is 0 Å². The maximum absolute atomic E-state index is 13.6. The molecule has 0 radical (unpaired) electrons. The third kappa shape index (κ3) is 15.1. The highest BCUT2D eigenvalue weighted by molar-refractivity contribution is 5.81. The molecule has 2 fully saturated rings. The number of benzene rings is 5. The minimum Gasteiger partial charge on any atom is -0.454 e. The zero-order valence-corrected chi connectivity index (χ0v) is 38.3. The van der Waals surface area contributed by atoms with Crippen LogP contribution in [0.5, 0.6) is 0 Å². The number of esters is 1. The van der Waals surface area contributed by atoms with Gasteiger partial charge in [-0.05, 0) is 41.7 Å². The molecule has 2 saturated heterocycles. The molecule has 2 aliphatic heterocycles. The third-order valence-electron chi connectivity index (χ3n) is 11.5. The Kier molecular flexibility index (Phi) is 19.4. The van der Waals surface area contributed by atoms with Crippen LogP contribution in [0.4, 0.5) is 0 Å². The highest BCUT2D eigenvalue weighted by atomic mass is 16.8. The van der Waals surface area contributed by atoms with E-state index in [2.05, 4.69) is 6.58 Å².